The number of nitrogens with one attached hydrogen (secondary N) is 2. The van der Waals surface area contributed by atoms with Crippen LogP contribution in [0.1, 0.15) is 33.8 Å². The van der Waals surface area contributed by atoms with Gasteiger partial charge < -0.3 is 10.1 Å². The Labute approximate surface area is 162 Å². The van der Waals surface area contributed by atoms with E-state index in [2.05, 4.69) is 10.0 Å². The Bertz CT molecular complexity index is 862. The summed E-state index contributed by atoms with van der Waals surface area (Å²) < 4.78 is 29.5. The summed E-state index contributed by atoms with van der Waals surface area (Å²) in [6, 6.07) is 10.3. The van der Waals surface area contributed by atoms with Gasteiger partial charge in [-0.2, -0.15) is 0 Å². The van der Waals surface area contributed by atoms with E-state index >= 15 is 0 Å². The van der Waals surface area contributed by atoms with Gasteiger partial charge in [0.1, 0.15) is 0 Å². The Hall–Kier alpha value is -2.23. The first-order chi connectivity index (χ1) is 12.7. The summed E-state index contributed by atoms with van der Waals surface area (Å²) >= 11 is 1.54. The fourth-order valence-electron chi connectivity index (χ4n) is 2.29. The number of rotatable bonds is 9. The normalized spacial score (nSPS) is 12.4. The number of esters is 1. The monoisotopic (exact) mass is 410 g/mol. The largest absolute Gasteiger partial charge is 0.452 e. The number of hydrogen-bond acceptors (Lipinski definition) is 6. The van der Waals surface area contributed by atoms with Gasteiger partial charge in [-0.25, -0.2) is 17.9 Å². The van der Waals surface area contributed by atoms with Crippen molar-refractivity contribution in [3.8, 4) is 0 Å². The molecule has 0 saturated heterocycles. The molecule has 2 aromatic rings. The Kier molecular flexibility index (Phi) is 7.52. The van der Waals surface area contributed by atoms with E-state index in [1.165, 1.54) is 0 Å². The lowest BCUT2D eigenvalue weighted by Gasteiger charge is -2.12. The number of thiophene rings is 1. The Morgan fingerprint density at radius 3 is 2.48 bits per heavy atom. The molecule has 1 heterocycles. The lowest BCUT2D eigenvalue weighted by atomic mass is 10.1. The van der Waals surface area contributed by atoms with Crippen LogP contribution in [0.5, 0.6) is 0 Å². The van der Waals surface area contributed by atoms with Crippen molar-refractivity contribution in [2.45, 2.75) is 19.4 Å². The second-order valence-corrected chi connectivity index (χ2v) is 8.81. The van der Waals surface area contributed by atoms with Crippen LogP contribution in [-0.2, 0) is 26.0 Å². The highest BCUT2D eigenvalue weighted by Gasteiger charge is 2.13. The summed E-state index contributed by atoms with van der Waals surface area (Å²) in [6.07, 6.45) is 1.61. The zero-order chi connectivity index (χ0) is 19.9. The van der Waals surface area contributed by atoms with Crippen molar-refractivity contribution in [3.63, 3.8) is 0 Å². The van der Waals surface area contributed by atoms with Gasteiger partial charge in [-0.15, -0.1) is 11.3 Å². The molecule has 1 aromatic heterocycles. The molecule has 9 heteroatoms. The molecule has 0 radical (unpaired) electrons. The van der Waals surface area contributed by atoms with E-state index in [0.29, 0.717) is 12.0 Å². The predicted molar refractivity (Wildman–Crippen MR) is 104 cm³/mol. The van der Waals surface area contributed by atoms with Gasteiger partial charge in [0.25, 0.3) is 5.91 Å². The van der Waals surface area contributed by atoms with E-state index in [1.807, 2.05) is 24.4 Å². The maximum absolute atomic E-state index is 12.0. The van der Waals surface area contributed by atoms with E-state index in [1.54, 1.807) is 35.6 Å². The zero-order valence-corrected chi connectivity index (χ0v) is 16.7. The molecule has 2 N–H and O–H groups in total. The SMILES string of the molecule is CC(NC(=O)COC(=O)c1ccc(CCNS(C)(=O)=O)cc1)c1cccs1. The average Bonchev–Trinajstić information content (AvgIpc) is 3.14. The Morgan fingerprint density at radius 2 is 1.89 bits per heavy atom. The van der Waals surface area contributed by atoms with Gasteiger partial charge in [-0.1, -0.05) is 18.2 Å². The first-order valence-corrected chi connectivity index (χ1v) is 11.0. The maximum Gasteiger partial charge on any atom is 0.338 e. The summed E-state index contributed by atoms with van der Waals surface area (Å²) in [5, 5.41) is 4.70. The summed E-state index contributed by atoms with van der Waals surface area (Å²) in [7, 11) is -3.22. The fourth-order valence-corrected chi connectivity index (χ4v) is 3.50. The molecule has 7 nitrogen and oxygen atoms in total. The summed E-state index contributed by atoms with van der Waals surface area (Å²) in [5.74, 6) is -0.956. The molecule has 0 bridgehead atoms. The summed E-state index contributed by atoms with van der Waals surface area (Å²) in [4.78, 5) is 25.0. The number of sulfonamides is 1. The highest BCUT2D eigenvalue weighted by molar-refractivity contribution is 7.88. The molecule has 1 aromatic carbocycles. The number of amides is 1. The molecule has 0 fully saturated rings. The van der Waals surface area contributed by atoms with Crippen LogP contribution in [0.2, 0.25) is 0 Å². The minimum absolute atomic E-state index is 0.143. The van der Waals surface area contributed by atoms with Crippen molar-refractivity contribution in [1.29, 1.82) is 0 Å². The van der Waals surface area contributed by atoms with Crippen LogP contribution in [0, 0.1) is 0 Å². The molecule has 0 saturated carbocycles. The second kappa shape index (κ2) is 9.63. The van der Waals surface area contributed by atoms with Crippen molar-refractivity contribution in [2.24, 2.45) is 0 Å². The van der Waals surface area contributed by atoms with E-state index in [9.17, 15) is 18.0 Å². The van der Waals surface area contributed by atoms with Gasteiger partial charge in [0.05, 0.1) is 17.9 Å². The van der Waals surface area contributed by atoms with E-state index in [0.717, 1.165) is 16.7 Å². The molecule has 0 aliphatic heterocycles. The van der Waals surface area contributed by atoms with E-state index in [-0.39, 0.29) is 25.1 Å². The summed E-state index contributed by atoms with van der Waals surface area (Å²) in [5.41, 5.74) is 1.21. The number of carbonyl (C=O) groups is 2. The molecule has 0 aliphatic carbocycles. The molecule has 0 aliphatic rings. The zero-order valence-electron chi connectivity index (χ0n) is 15.1. The topological polar surface area (TPSA) is 102 Å². The van der Waals surface area contributed by atoms with Gasteiger partial charge in [-0.05, 0) is 42.5 Å². The van der Waals surface area contributed by atoms with Crippen LogP contribution in [0.3, 0.4) is 0 Å². The first-order valence-electron chi connectivity index (χ1n) is 8.28. The molecule has 2 rings (SSSR count). The molecular weight excluding hydrogens is 388 g/mol. The second-order valence-electron chi connectivity index (χ2n) is 5.99. The van der Waals surface area contributed by atoms with Crippen molar-refractivity contribution in [1.82, 2.24) is 10.0 Å². The lowest BCUT2D eigenvalue weighted by Crippen LogP contribution is -2.30. The number of benzene rings is 1. The molecule has 146 valence electrons. The maximum atomic E-state index is 12.0. The van der Waals surface area contributed by atoms with E-state index < -0.39 is 16.0 Å². The Morgan fingerprint density at radius 1 is 1.19 bits per heavy atom. The number of ether oxygens (including phenoxy) is 1. The molecule has 1 unspecified atom stereocenters. The molecule has 0 spiro atoms. The van der Waals surface area contributed by atoms with Crippen LogP contribution < -0.4 is 10.0 Å². The van der Waals surface area contributed by atoms with Crippen LogP contribution in [-0.4, -0.2) is 39.7 Å². The van der Waals surface area contributed by atoms with E-state index in [4.69, 9.17) is 4.74 Å². The van der Waals surface area contributed by atoms with Crippen molar-refractivity contribution >= 4 is 33.2 Å². The highest BCUT2D eigenvalue weighted by atomic mass is 32.2. The van der Waals surface area contributed by atoms with Crippen molar-refractivity contribution < 1.29 is 22.7 Å². The van der Waals surface area contributed by atoms with Crippen molar-refractivity contribution in [2.75, 3.05) is 19.4 Å². The Balaban J connectivity index is 1.77. The third-order valence-corrected chi connectivity index (χ3v) is 5.43. The molecular formula is C18H22N2O5S2. The standard InChI is InChI=1S/C18H22N2O5S2/c1-13(16-4-3-11-26-16)20-17(21)12-25-18(22)15-7-5-14(6-8-15)9-10-19-27(2,23)24/h3-8,11,13,19H,9-10,12H2,1-2H3,(H,20,21). The van der Waals surface area contributed by atoms with Crippen molar-refractivity contribution in [3.05, 3.63) is 57.8 Å². The molecule has 1 amide bonds. The van der Waals surface area contributed by atoms with Gasteiger partial charge in [0, 0.05) is 11.4 Å². The van der Waals surface area contributed by atoms with Gasteiger partial charge in [-0.3, -0.25) is 4.79 Å². The highest BCUT2D eigenvalue weighted by Crippen LogP contribution is 2.17. The van der Waals surface area contributed by atoms with Gasteiger partial charge in [0.2, 0.25) is 10.0 Å². The lowest BCUT2D eigenvalue weighted by molar-refractivity contribution is -0.124. The fraction of sp³-hybridized carbons (Fsp3) is 0.333. The van der Waals surface area contributed by atoms with Crippen LogP contribution >= 0.6 is 11.3 Å². The quantitative estimate of drug-likeness (QED) is 0.615. The minimum atomic E-state index is -3.22. The van der Waals surface area contributed by atoms with Crippen LogP contribution in [0.25, 0.3) is 0 Å². The van der Waals surface area contributed by atoms with Gasteiger partial charge >= 0.3 is 5.97 Å². The molecule has 27 heavy (non-hydrogen) atoms. The van der Waals surface area contributed by atoms with Crippen LogP contribution in [0.4, 0.5) is 0 Å². The predicted octanol–water partition coefficient (Wildman–Crippen LogP) is 1.87. The van der Waals surface area contributed by atoms with Crippen LogP contribution in [0.15, 0.2) is 41.8 Å². The first kappa shape index (κ1) is 21.1. The minimum Gasteiger partial charge on any atom is -0.452 e. The number of hydrogen-bond donors (Lipinski definition) is 2. The number of carbonyl (C=O) groups excluding carboxylic acids is 2. The third kappa shape index (κ3) is 7.49. The molecule has 1 atom stereocenters. The average molecular weight is 411 g/mol. The summed E-state index contributed by atoms with van der Waals surface area (Å²) in [6.45, 7) is 1.79. The van der Waals surface area contributed by atoms with Gasteiger partial charge in [0.15, 0.2) is 6.61 Å². The third-order valence-electron chi connectivity index (χ3n) is 3.65. The smallest absolute Gasteiger partial charge is 0.338 e.